The zero-order chi connectivity index (χ0) is 35.6. The Labute approximate surface area is 279 Å². The van der Waals surface area contributed by atoms with E-state index in [-0.39, 0.29) is 62.9 Å². The average molecular weight is 709 g/mol. The Morgan fingerprint density at radius 1 is 0.980 bits per heavy atom. The van der Waals surface area contributed by atoms with Gasteiger partial charge in [-0.2, -0.15) is 26.3 Å². The molecule has 262 valence electrons. The monoisotopic (exact) mass is 708 g/mol. The molecule has 3 N–H and O–H groups in total. The summed E-state index contributed by atoms with van der Waals surface area (Å²) in [7, 11) is -3.82. The molecule has 4 aromatic rings. The van der Waals surface area contributed by atoms with Crippen LogP contribution in [0.4, 0.5) is 26.3 Å². The van der Waals surface area contributed by atoms with Crippen molar-refractivity contribution in [1.82, 2.24) is 20.5 Å². The fourth-order valence-corrected chi connectivity index (χ4v) is 6.64. The number of hydrogen-bond acceptors (Lipinski definition) is 7. The molecule has 1 fully saturated rings. The van der Waals surface area contributed by atoms with E-state index in [4.69, 9.17) is 0 Å². The Hall–Kier alpha value is -4.05. The molecule has 1 aliphatic rings. The predicted molar refractivity (Wildman–Crippen MR) is 171 cm³/mol. The summed E-state index contributed by atoms with van der Waals surface area (Å²) in [6.45, 7) is 1.21. The molecule has 1 atom stereocenters. The van der Waals surface area contributed by atoms with E-state index < -0.39 is 39.7 Å². The van der Waals surface area contributed by atoms with Crippen molar-refractivity contribution in [3.8, 4) is 11.3 Å². The van der Waals surface area contributed by atoms with E-state index in [9.17, 15) is 44.7 Å². The van der Waals surface area contributed by atoms with Crippen LogP contribution < -0.4 is 10.6 Å². The summed E-state index contributed by atoms with van der Waals surface area (Å²) in [5, 5.41) is 14.5. The van der Waals surface area contributed by atoms with E-state index in [0.717, 1.165) is 30.5 Å². The lowest BCUT2D eigenvalue weighted by Crippen LogP contribution is -2.43. The van der Waals surface area contributed by atoms with Gasteiger partial charge in [-0.1, -0.05) is 48.5 Å². The van der Waals surface area contributed by atoms with E-state index in [1.807, 2.05) is 4.90 Å². The minimum Gasteiger partial charge on any atom is -0.395 e. The van der Waals surface area contributed by atoms with Crippen molar-refractivity contribution in [2.24, 2.45) is 0 Å². The number of fused-ring (bicyclic) bond motifs is 1. The van der Waals surface area contributed by atoms with Gasteiger partial charge >= 0.3 is 12.4 Å². The van der Waals surface area contributed by atoms with Gasteiger partial charge in [0, 0.05) is 41.9 Å². The van der Waals surface area contributed by atoms with Crippen molar-refractivity contribution < 1.29 is 44.7 Å². The lowest BCUT2D eigenvalue weighted by atomic mass is 9.93. The number of carbonyl (C=O) groups excluding carboxylic acids is 1. The molecule has 1 aliphatic heterocycles. The fraction of sp³-hybridized carbons (Fsp3) is 0.353. The number of aliphatic hydroxyl groups is 1. The van der Waals surface area contributed by atoms with Gasteiger partial charge in [0.2, 0.25) is 0 Å². The summed E-state index contributed by atoms with van der Waals surface area (Å²) in [5.74, 6) is -1.16. The molecule has 1 amide bonds. The van der Waals surface area contributed by atoms with Crippen LogP contribution in [-0.2, 0) is 22.6 Å². The molecule has 15 heteroatoms. The molecule has 1 saturated heterocycles. The first-order chi connectivity index (χ1) is 23.1. The summed E-state index contributed by atoms with van der Waals surface area (Å²) in [4.78, 5) is 20.5. The number of nitrogens with zero attached hydrogens (tertiary/aromatic N) is 2. The summed E-state index contributed by atoms with van der Waals surface area (Å²) in [6, 6.07) is 12.2. The first-order valence-electron chi connectivity index (χ1n) is 15.4. The van der Waals surface area contributed by atoms with Crippen molar-refractivity contribution in [2.75, 3.05) is 32.5 Å². The Kier molecular flexibility index (Phi) is 10.7. The number of piperidine rings is 1. The average Bonchev–Trinajstić information content (AvgIpc) is 3.05. The van der Waals surface area contributed by atoms with Crippen LogP contribution >= 0.6 is 0 Å². The lowest BCUT2D eigenvalue weighted by molar-refractivity contribution is -0.155. The highest BCUT2D eigenvalue weighted by molar-refractivity contribution is 7.90. The molecule has 8 nitrogen and oxygen atoms in total. The van der Waals surface area contributed by atoms with Crippen molar-refractivity contribution in [2.45, 2.75) is 48.7 Å². The Morgan fingerprint density at radius 2 is 1.67 bits per heavy atom. The molecule has 0 radical (unpaired) electrons. The number of pyridine rings is 1. The Bertz CT molecular complexity index is 1910. The van der Waals surface area contributed by atoms with E-state index in [0.29, 0.717) is 32.5 Å². The highest BCUT2D eigenvalue weighted by atomic mass is 32.2. The SMILES string of the molecule is CS(=O)(=O)c1ccc2c(C(=O)NC(c3ccccc3)C(F)(F)F)c(CN3CCC(NCCO)CC3)c(-c3cccc(C(F)(F)F)c3)nc2c1. The van der Waals surface area contributed by atoms with Crippen LogP contribution in [0.25, 0.3) is 22.2 Å². The van der Waals surface area contributed by atoms with Crippen LogP contribution in [0.1, 0.15) is 45.9 Å². The number of rotatable bonds is 10. The molecule has 49 heavy (non-hydrogen) atoms. The number of sulfone groups is 1. The highest BCUT2D eigenvalue weighted by Gasteiger charge is 2.42. The summed E-state index contributed by atoms with van der Waals surface area (Å²) in [5.41, 5.74) is -1.67. The molecule has 3 aromatic carbocycles. The van der Waals surface area contributed by atoms with Crippen molar-refractivity contribution in [3.63, 3.8) is 0 Å². The normalized spacial score (nSPS) is 15.8. The van der Waals surface area contributed by atoms with Gasteiger partial charge in [-0.15, -0.1) is 0 Å². The van der Waals surface area contributed by atoms with Gasteiger partial charge in [0.25, 0.3) is 5.91 Å². The second kappa shape index (κ2) is 14.4. The number of carbonyl (C=O) groups is 1. The molecule has 0 saturated carbocycles. The van der Waals surface area contributed by atoms with Crippen LogP contribution in [0.2, 0.25) is 0 Å². The zero-order valence-corrected chi connectivity index (χ0v) is 27.1. The van der Waals surface area contributed by atoms with Crippen LogP contribution in [0.3, 0.4) is 0 Å². The number of alkyl halides is 6. The second-order valence-corrected chi connectivity index (χ2v) is 13.9. The molecule has 1 unspecified atom stereocenters. The summed E-state index contributed by atoms with van der Waals surface area (Å²) < 4.78 is 110. The number of aliphatic hydroxyl groups excluding tert-OH is 1. The number of nitrogens with one attached hydrogen (secondary N) is 2. The quantitative estimate of drug-likeness (QED) is 0.176. The van der Waals surface area contributed by atoms with E-state index in [2.05, 4.69) is 15.6 Å². The van der Waals surface area contributed by atoms with Crippen LogP contribution in [0.15, 0.2) is 77.7 Å². The molecule has 5 rings (SSSR count). The maximum absolute atomic E-state index is 14.4. The Balaban J connectivity index is 1.73. The van der Waals surface area contributed by atoms with E-state index in [1.165, 1.54) is 48.5 Å². The topological polar surface area (TPSA) is 112 Å². The minimum atomic E-state index is -4.92. The lowest BCUT2D eigenvalue weighted by Gasteiger charge is -2.33. The van der Waals surface area contributed by atoms with Gasteiger partial charge in [0.15, 0.2) is 15.9 Å². The van der Waals surface area contributed by atoms with E-state index >= 15 is 0 Å². The zero-order valence-electron chi connectivity index (χ0n) is 26.3. The molecular weight excluding hydrogens is 674 g/mol. The van der Waals surface area contributed by atoms with Gasteiger partial charge in [-0.05, 0) is 55.8 Å². The predicted octanol–water partition coefficient (Wildman–Crippen LogP) is 5.90. The summed E-state index contributed by atoms with van der Waals surface area (Å²) >= 11 is 0. The molecule has 2 heterocycles. The number of benzene rings is 3. The third-order valence-corrected chi connectivity index (χ3v) is 9.54. The maximum atomic E-state index is 14.4. The second-order valence-electron chi connectivity index (χ2n) is 11.9. The first kappa shape index (κ1) is 36.2. The van der Waals surface area contributed by atoms with Gasteiger partial charge in [0.1, 0.15) is 0 Å². The first-order valence-corrected chi connectivity index (χ1v) is 17.3. The molecular formula is C34H34F6N4O4S. The smallest absolute Gasteiger partial charge is 0.395 e. The number of amides is 1. The van der Waals surface area contributed by atoms with Gasteiger partial charge < -0.3 is 15.7 Å². The number of halogens is 6. The van der Waals surface area contributed by atoms with E-state index in [1.54, 1.807) is 0 Å². The van der Waals surface area contributed by atoms with Crippen molar-refractivity contribution >= 4 is 26.6 Å². The number of hydrogen-bond donors (Lipinski definition) is 3. The number of aromatic nitrogens is 1. The Morgan fingerprint density at radius 3 is 2.29 bits per heavy atom. The highest BCUT2D eigenvalue weighted by Crippen LogP contribution is 2.38. The maximum Gasteiger partial charge on any atom is 0.416 e. The standard InChI is InChI=1S/C34H34F6N4O4S/c1-49(47,48)25-10-11-26-28(19-25)42-30(22-8-5-9-23(18-22)33(35,36)37)27(20-44-15-12-24(13-16-44)41-14-17-45)29(26)32(46)43-31(34(38,39)40)21-6-3-2-4-7-21/h2-11,18-19,24,31,41,45H,12-17,20H2,1H3,(H,43,46). The van der Waals surface area contributed by atoms with Crippen molar-refractivity contribution in [3.05, 3.63) is 95.1 Å². The van der Waals surface area contributed by atoms with Crippen LogP contribution in [0, 0.1) is 0 Å². The molecule has 0 bridgehead atoms. The molecule has 0 spiro atoms. The summed E-state index contributed by atoms with van der Waals surface area (Å²) in [6.07, 6.45) is -7.46. The van der Waals surface area contributed by atoms with Crippen LogP contribution in [-0.4, -0.2) is 74.0 Å². The third-order valence-electron chi connectivity index (χ3n) is 8.43. The van der Waals surface area contributed by atoms with Gasteiger partial charge in [-0.3, -0.25) is 9.69 Å². The minimum absolute atomic E-state index is 0.0316. The van der Waals surface area contributed by atoms with Crippen LogP contribution in [0.5, 0.6) is 0 Å². The number of likely N-dealkylation sites (tertiary alicyclic amines) is 1. The van der Waals surface area contributed by atoms with Gasteiger partial charge in [0.05, 0.1) is 33.8 Å². The van der Waals surface area contributed by atoms with Crippen molar-refractivity contribution in [1.29, 1.82) is 0 Å². The molecule has 1 aromatic heterocycles. The molecule has 0 aliphatic carbocycles. The third kappa shape index (κ3) is 8.58. The fourth-order valence-electron chi connectivity index (χ4n) is 6.00. The largest absolute Gasteiger partial charge is 0.416 e. The van der Waals surface area contributed by atoms with Gasteiger partial charge in [-0.25, -0.2) is 13.4 Å².